The number of thioether (sulfide) groups is 1. The third-order valence-corrected chi connectivity index (χ3v) is 5.80. The van der Waals surface area contributed by atoms with Crippen LogP contribution in [0, 0.1) is 5.92 Å². The lowest BCUT2D eigenvalue weighted by Gasteiger charge is -2.44. The van der Waals surface area contributed by atoms with Crippen molar-refractivity contribution in [1.29, 1.82) is 0 Å². The zero-order valence-corrected chi connectivity index (χ0v) is 13.1. The molecule has 2 unspecified atom stereocenters. The maximum atomic E-state index is 12.6. The van der Waals surface area contributed by atoms with Crippen LogP contribution < -0.4 is 5.73 Å². The lowest BCUT2D eigenvalue weighted by Crippen LogP contribution is -2.50. The number of nitrogens with zero attached hydrogens (tertiary/aromatic N) is 2. The number of fused-ring (bicyclic) bond motifs is 1. The molecule has 4 nitrogen and oxygen atoms in total. The van der Waals surface area contributed by atoms with E-state index in [1.54, 1.807) is 12.4 Å². The number of nitrogens with two attached hydrogens (primary N) is 1. The Bertz CT molecular complexity index is 506. The van der Waals surface area contributed by atoms with Crippen molar-refractivity contribution in [3.63, 3.8) is 0 Å². The molecule has 5 heteroatoms. The van der Waals surface area contributed by atoms with Crippen LogP contribution in [0.25, 0.3) is 0 Å². The summed E-state index contributed by atoms with van der Waals surface area (Å²) in [6.07, 6.45) is 10.9. The van der Waals surface area contributed by atoms with E-state index in [1.165, 1.54) is 43.9 Å². The summed E-state index contributed by atoms with van der Waals surface area (Å²) in [5.41, 5.74) is 6.54. The molecular formula is C16H23N3OS. The fourth-order valence-electron chi connectivity index (χ4n) is 3.68. The van der Waals surface area contributed by atoms with Crippen molar-refractivity contribution in [1.82, 2.24) is 9.88 Å². The fraction of sp³-hybridized carbons (Fsp3) is 0.625. The normalized spacial score (nSPS) is 25.4. The number of pyridine rings is 1. The van der Waals surface area contributed by atoms with Crippen molar-refractivity contribution in [2.45, 2.75) is 49.5 Å². The van der Waals surface area contributed by atoms with Gasteiger partial charge in [-0.3, -0.25) is 9.78 Å². The largest absolute Gasteiger partial charge is 0.397 e. The van der Waals surface area contributed by atoms with E-state index in [4.69, 9.17) is 5.73 Å². The summed E-state index contributed by atoms with van der Waals surface area (Å²) in [5, 5.41) is 0. The van der Waals surface area contributed by atoms with Gasteiger partial charge in [-0.15, -0.1) is 11.8 Å². The van der Waals surface area contributed by atoms with Crippen LogP contribution in [0.2, 0.25) is 0 Å². The van der Waals surface area contributed by atoms with Crippen LogP contribution in [0.15, 0.2) is 23.4 Å². The van der Waals surface area contributed by atoms with Crippen molar-refractivity contribution in [3.8, 4) is 0 Å². The van der Waals surface area contributed by atoms with Gasteiger partial charge in [0.25, 0.3) is 0 Å². The van der Waals surface area contributed by atoms with Crippen molar-refractivity contribution >= 4 is 23.4 Å². The van der Waals surface area contributed by atoms with Gasteiger partial charge in [-0.25, -0.2) is 0 Å². The van der Waals surface area contributed by atoms with Gasteiger partial charge in [-0.05, 0) is 37.7 Å². The van der Waals surface area contributed by atoms with Gasteiger partial charge in [-0.1, -0.05) is 12.8 Å². The van der Waals surface area contributed by atoms with Crippen LogP contribution >= 0.6 is 11.8 Å². The molecule has 0 spiro atoms. The summed E-state index contributed by atoms with van der Waals surface area (Å²) in [6.45, 7) is 0.937. The van der Waals surface area contributed by atoms with E-state index in [-0.39, 0.29) is 5.91 Å². The zero-order valence-electron chi connectivity index (χ0n) is 12.3. The second kappa shape index (κ2) is 6.69. The number of carbonyl (C=O) groups is 1. The Kier molecular flexibility index (Phi) is 4.68. The van der Waals surface area contributed by atoms with Crippen molar-refractivity contribution in [3.05, 3.63) is 18.5 Å². The standard InChI is InChI=1S/C16H23N3OS/c17-13-10-18-8-7-15(13)21-11-16(20)19-9-3-5-12-4-1-2-6-14(12)19/h7-8,10,12,14H,1-6,9,11,17H2. The topological polar surface area (TPSA) is 59.2 Å². The van der Waals surface area contributed by atoms with Gasteiger partial charge < -0.3 is 10.6 Å². The number of piperidine rings is 1. The Labute approximate surface area is 130 Å². The number of hydrogen-bond donors (Lipinski definition) is 1. The first-order valence-electron chi connectivity index (χ1n) is 7.87. The summed E-state index contributed by atoms with van der Waals surface area (Å²) in [4.78, 5) is 19.7. The average Bonchev–Trinajstić information content (AvgIpc) is 2.53. The highest BCUT2D eigenvalue weighted by molar-refractivity contribution is 8.00. The minimum Gasteiger partial charge on any atom is -0.397 e. The van der Waals surface area contributed by atoms with Crippen molar-refractivity contribution in [2.24, 2.45) is 5.92 Å². The molecule has 3 rings (SSSR count). The molecule has 2 fully saturated rings. The minimum atomic E-state index is 0.271. The summed E-state index contributed by atoms with van der Waals surface area (Å²) >= 11 is 1.53. The van der Waals surface area contributed by atoms with Gasteiger partial charge in [0.05, 0.1) is 17.6 Å². The third-order valence-electron chi connectivity index (χ3n) is 4.72. The molecule has 2 N–H and O–H groups in total. The molecule has 1 amide bonds. The van der Waals surface area contributed by atoms with Crippen molar-refractivity contribution in [2.75, 3.05) is 18.0 Å². The van der Waals surface area contributed by atoms with Gasteiger partial charge in [0.15, 0.2) is 0 Å². The maximum absolute atomic E-state index is 12.6. The molecule has 1 aromatic rings. The van der Waals surface area contributed by atoms with Gasteiger partial charge >= 0.3 is 0 Å². The molecule has 0 bridgehead atoms. The Hall–Kier alpha value is -1.23. The molecule has 1 aliphatic heterocycles. The number of carbonyl (C=O) groups excluding carboxylic acids is 1. The summed E-state index contributed by atoms with van der Waals surface area (Å²) < 4.78 is 0. The Balaban J connectivity index is 1.60. The molecule has 0 radical (unpaired) electrons. The molecule has 1 saturated heterocycles. The number of amides is 1. The molecule has 2 heterocycles. The zero-order chi connectivity index (χ0) is 14.7. The van der Waals surface area contributed by atoms with Crippen LogP contribution in [0.5, 0.6) is 0 Å². The van der Waals surface area contributed by atoms with E-state index in [2.05, 4.69) is 9.88 Å². The Morgan fingerprint density at radius 1 is 1.33 bits per heavy atom. The highest BCUT2D eigenvalue weighted by atomic mass is 32.2. The van der Waals surface area contributed by atoms with Gasteiger partial charge in [-0.2, -0.15) is 0 Å². The summed E-state index contributed by atoms with van der Waals surface area (Å²) in [7, 11) is 0. The minimum absolute atomic E-state index is 0.271. The van der Waals surface area contributed by atoms with Gasteiger partial charge in [0, 0.05) is 23.7 Å². The van der Waals surface area contributed by atoms with Gasteiger partial charge in [0.1, 0.15) is 0 Å². The van der Waals surface area contributed by atoms with Crippen LogP contribution in [-0.4, -0.2) is 34.1 Å². The predicted molar refractivity (Wildman–Crippen MR) is 86.1 cm³/mol. The monoisotopic (exact) mass is 305 g/mol. The number of anilines is 1. The quantitative estimate of drug-likeness (QED) is 0.872. The fourth-order valence-corrected chi connectivity index (χ4v) is 4.50. The highest BCUT2D eigenvalue weighted by Gasteiger charge is 2.35. The SMILES string of the molecule is Nc1cnccc1SCC(=O)N1CCCC2CCCCC21. The molecule has 1 saturated carbocycles. The summed E-state index contributed by atoms with van der Waals surface area (Å²) in [5.74, 6) is 1.50. The second-order valence-electron chi connectivity index (χ2n) is 6.04. The predicted octanol–water partition coefficient (Wildman–Crippen LogP) is 2.94. The molecule has 21 heavy (non-hydrogen) atoms. The molecule has 1 aliphatic carbocycles. The highest BCUT2D eigenvalue weighted by Crippen LogP contribution is 2.36. The van der Waals surface area contributed by atoms with Crippen LogP contribution in [-0.2, 0) is 4.79 Å². The van der Waals surface area contributed by atoms with E-state index in [9.17, 15) is 4.79 Å². The lowest BCUT2D eigenvalue weighted by atomic mass is 9.78. The van der Waals surface area contributed by atoms with E-state index in [0.29, 0.717) is 17.5 Å². The number of hydrogen-bond acceptors (Lipinski definition) is 4. The smallest absolute Gasteiger partial charge is 0.233 e. The molecule has 0 aromatic carbocycles. The molecule has 2 aliphatic rings. The van der Waals surface area contributed by atoms with Crippen LogP contribution in [0.3, 0.4) is 0 Å². The van der Waals surface area contributed by atoms with Crippen molar-refractivity contribution < 1.29 is 4.79 Å². The molecule has 2 atom stereocenters. The number of likely N-dealkylation sites (tertiary alicyclic amines) is 1. The van der Waals surface area contributed by atoms with Gasteiger partial charge in [0.2, 0.25) is 5.91 Å². The summed E-state index contributed by atoms with van der Waals surface area (Å²) in [6, 6.07) is 2.38. The first-order chi connectivity index (χ1) is 10.3. The number of aromatic nitrogens is 1. The van der Waals surface area contributed by atoms with E-state index in [0.717, 1.165) is 23.8 Å². The Morgan fingerprint density at radius 3 is 3.00 bits per heavy atom. The van der Waals surface area contributed by atoms with E-state index >= 15 is 0 Å². The Morgan fingerprint density at radius 2 is 2.14 bits per heavy atom. The first-order valence-corrected chi connectivity index (χ1v) is 8.86. The molecule has 1 aromatic heterocycles. The number of rotatable bonds is 3. The molecule has 114 valence electrons. The first kappa shape index (κ1) is 14.7. The molecular weight excluding hydrogens is 282 g/mol. The average molecular weight is 305 g/mol. The van der Waals surface area contributed by atoms with E-state index < -0.39 is 0 Å². The van der Waals surface area contributed by atoms with E-state index in [1.807, 2.05) is 6.07 Å². The van der Waals surface area contributed by atoms with Crippen LogP contribution in [0.1, 0.15) is 38.5 Å². The third kappa shape index (κ3) is 3.34. The lowest BCUT2D eigenvalue weighted by molar-refractivity contribution is -0.134. The number of nitrogen functional groups attached to an aromatic ring is 1. The maximum Gasteiger partial charge on any atom is 0.233 e. The second-order valence-corrected chi connectivity index (χ2v) is 7.06. The van der Waals surface area contributed by atoms with Crippen LogP contribution in [0.4, 0.5) is 5.69 Å².